The lowest BCUT2D eigenvalue weighted by Crippen LogP contribution is -2.47. The van der Waals surface area contributed by atoms with Crippen LogP contribution in [0.1, 0.15) is 29.3 Å². The third-order valence-electron chi connectivity index (χ3n) is 4.41. The minimum absolute atomic E-state index is 0.233. The summed E-state index contributed by atoms with van der Waals surface area (Å²) in [6, 6.07) is 10.1. The molecule has 0 saturated carbocycles. The Morgan fingerprint density at radius 3 is 2.31 bits per heavy atom. The van der Waals surface area contributed by atoms with E-state index in [0.717, 1.165) is 10.6 Å². The van der Waals surface area contributed by atoms with Gasteiger partial charge in [-0.3, -0.25) is 9.10 Å². The highest BCUT2D eigenvalue weighted by Gasteiger charge is 2.32. The van der Waals surface area contributed by atoms with Crippen LogP contribution in [0.25, 0.3) is 0 Å². The normalized spacial score (nSPS) is 12.2. The van der Waals surface area contributed by atoms with Gasteiger partial charge in [-0.25, -0.2) is 13.2 Å². The predicted molar refractivity (Wildman–Crippen MR) is 114 cm³/mol. The number of carbonyl (C=O) groups excluding carboxylic acids is 2. The number of anilines is 2. The molecule has 0 unspecified atom stereocenters. The van der Waals surface area contributed by atoms with E-state index in [9.17, 15) is 18.0 Å². The van der Waals surface area contributed by atoms with Crippen molar-refractivity contribution in [1.82, 2.24) is 0 Å². The van der Waals surface area contributed by atoms with Gasteiger partial charge in [0.25, 0.3) is 0 Å². The number of halogens is 1. The maximum Gasteiger partial charge on any atom is 0.338 e. The van der Waals surface area contributed by atoms with Crippen LogP contribution < -0.4 is 9.62 Å². The van der Waals surface area contributed by atoms with E-state index in [1.54, 1.807) is 56.3 Å². The standard InChI is InChI=1S/C20H23ClN2O5S/c1-5-18(23(29(4,26)27)15-11-9-14(21)10-12-15)19(24)22-17-8-6-7-16(13(17)2)20(25)28-3/h6-12,18H,5H2,1-4H3,(H,22,24)/t18-/m0/s1. The molecule has 2 rings (SSSR count). The molecule has 1 N–H and O–H groups in total. The third kappa shape index (κ3) is 5.27. The molecular weight excluding hydrogens is 416 g/mol. The number of rotatable bonds is 7. The van der Waals surface area contributed by atoms with E-state index in [1.807, 2.05) is 0 Å². The number of benzene rings is 2. The van der Waals surface area contributed by atoms with Crippen LogP contribution in [0.4, 0.5) is 11.4 Å². The van der Waals surface area contributed by atoms with Gasteiger partial charge in [-0.05, 0) is 55.3 Å². The first-order valence-corrected chi connectivity index (χ1v) is 11.1. The Kier molecular flexibility index (Phi) is 7.26. The molecule has 0 spiro atoms. The summed E-state index contributed by atoms with van der Waals surface area (Å²) in [6.45, 7) is 3.40. The molecule has 0 aliphatic carbocycles. The zero-order valence-corrected chi connectivity index (χ0v) is 18.2. The largest absolute Gasteiger partial charge is 0.465 e. The van der Waals surface area contributed by atoms with Gasteiger partial charge in [0, 0.05) is 10.7 Å². The van der Waals surface area contributed by atoms with Crippen molar-refractivity contribution in [3.05, 3.63) is 58.6 Å². The van der Waals surface area contributed by atoms with E-state index < -0.39 is 27.9 Å². The van der Waals surface area contributed by atoms with E-state index in [2.05, 4.69) is 5.32 Å². The number of sulfonamides is 1. The second-order valence-electron chi connectivity index (χ2n) is 6.42. The Balaban J connectivity index is 2.41. The van der Waals surface area contributed by atoms with Crippen molar-refractivity contribution in [2.24, 2.45) is 0 Å². The third-order valence-corrected chi connectivity index (χ3v) is 5.84. The smallest absolute Gasteiger partial charge is 0.338 e. The zero-order valence-electron chi connectivity index (χ0n) is 16.6. The molecule has 0 aliphatic heterocycles. The summed E-state index contributed by atoms with van der Waals surface area (Å²) in [4.78, 5) is 24.9. The van der Waals surface area contributed by atoms with Crippen molar-refractivity contribution in [3.63, 3.8) is 0 Å². The molecule has 0 aromatic heterocycles. The minimum Gasteiger partial charge on any atom is -0.465 e. The van der Waals surface area contributed by atoms with E-state index in [1.165, 1.54) is 7.11 Å². The molecule has 2 aromatic carbocycles. The molecule has 0 radical (unpaired) electrons. The first-order chi connectivity index (χ1) is 13.6. The molecular formula is C20H23ClN2O5S. The first kappa shape index (κ1) is 22.7. The van der Waals surface area contributed by atoms with Gasteiger partial charge in [-0.1, -0.05) is 24.6 Å². The number of carbonyl (C=O) groups is 2. The first-order valence-electron chi connectivity index (χ1n) is 8.83. The number of nitrogens with zero attached hydrogens (tertiary/aromatic N) is 1. The van der Waals surface area contributed by atoms with Gasteiger partial charge in [-0.15, -0.1) is 0 Å². The number of esters is 1. The van der Waals surface area contributed by atoms with Crippen LogP contribution in [-0.2, 0) is 19.6 Å². The highest BCUT2D eigenvalue weighted by atomic mass is 35.5. The molecule has 0 saturated heterocycles. The summed E-state index contributed by atoms with van der Waals surface area (Å²) in [5, 5.41) is 3.19. The second kappa shape index (κ2) is 9.28. The number of amides is 1. The van der Waals surface area contributed by atoms with Gasteiger partial charge in [0.1, 0.15) is 6.04 Å². The molecule has 29 heavy (non-hydrogen) atoms. The molecule has 9 heteroatoms. The molecule has 2 aromatic rings. The van der Waals surface area contributed by atoms with Gasteiger partial charge in [0.05, 0.1) is 24.6 Å². The lowest BCUT2D eigenvalue weighted by atomic mass is 10.1. The van der Waals surface area contributed by atoms with Crippen molar-refractivity contribution in [2.45, 2.75) is 26.3 Å². The van der Waals surface area contributed by atoms with Crippen LogP contribution in [0, 0.1) is 6.92 Å². The Labute approximate surface area is 175 Å². The highest BCUT2D eigenvalue weighted by molar-refractivity contribution is 7.92. The highest BCUT2D eigenvalue weighted by Crippen LogP contribution is 2.26. The monoisotopic (exact) mass is 438 g/mol. The number of nitrogens with one attached hydrogen (secondary N) is 1. The minimum atomic E-state index is -3.76. The number of hydrogen-bond acceptors (Lipinski definition) is 5. The summed E-state index contributed by atoms with van der Waals surface area (Å²) < 4.78 is 30.8. The summed E-state index contributed by atoms with van der Waals surface area (Å²) in [5.74, 6) is -1.04. The second-order valence-corrected chi connectivity index (χ2v) is 8.71. The molecule has 0 fully saturated rings. The lowest BCUT2D eigenvalue weighted by molar-refractivity contribution is -0.117. The number of methoxy groups -OCH3 is 1. The molecule has 7 nitrogen and oxygen atoms in total. The van der Waals surface area contributed by atoms with Crippen molar-refractivity contribution >= 4 is 44.9 Å². The van der Waals surface area contributed by atoms with Crippen molar-refractivity contribution < 1.29 is 22.7 Å². The fourth-order valence-corrected chi connectivity index (χ4v) is 4.30. The topological polar surface area (TPSA) is 92.8 Å². The van der Waals surface area contributed by atoms with Crippen molar-refractivity contribution in [2.75, 3.05) is 23.0 Å². The van der Waals surface area contributed by atoms with Crippen molar-refractivity contribution in [3.8, 4) is 0 Å². The van der Waals surface area contributed by atoms with Crippen LogP contribution in [-0.4, -0.2) is 39.7 Å². The lowest BCUT2D eigenvalue weighted by Gasteiger charge is -2.30. The van der Waals surface area contributed by atoms with Crippen LogP contribution in [0.3, 0.4) is 0 Å². The molecule has 0 bridgehead atoms. The Morgan fingerprint density at radius 2 is 1.79 bits per heavy atom. The van der Waals surface area contributed by atoms with Crippen LogP contribution in [0.2, 0.25) is 5.02 Å². The van der Waals surface area contributed by atoms with Crippen molar-refractivity contribution in [1.29, 1.82) is 0 Å². The van der Waals surface area contributed by atoms with Gasteiger partial charge in [0.2, 0.25) is 15.9 Å². The van der Waals surface area contributed by atoms with E-state index in [4.69, 9.17) is 16.3 Å². The fraction of sp³-hybridized carbons (Fsp3) is 0.300. The average molecular weight is 439 g/mol. The van der Waals surface area contributed by atoms with Gasteiger partial charge < -0.3 is 10.1 Å². The van der Waals surface area contributed by atoms with Gasteiger partial charge >= 0.3 is 5.97 Å². The van der Waals surface area contributed by atoms with E-state index >= 15 is 0 Å². The molecule has 0 heterocycles. The number of hydrogen-bond donors (Lipinski definition) is 1. The SMILES string of the molecule is CC[C@@H](C(=O)Nc1cccc(C(=O)OC)c1C)N(c1ccc(Cl)cc1)S(C)(=O)=O. The van der Waals surface area contributed by atoms with E-state index in [-0.39, 0.29) is 6.42 Å². The Bertz CT molecular complexity index is 1010. The number of ether oxygens (including phenoxy) is 1. The van der Waals surface area contributed by atoms with Crippen LogP contribution in [0.15, 0.2) is 42.5 Å². The van der Waals surface area contributed by atoms with E-state index in [0.29, 0.717) is 27.5 Å². The summed E-state index contributed by atoms with van der Waals surface area (Å²) >= 11 is 5.90. The quantitative estimate of drug-likeness (QED) is 0.666. The predicted octanol–water partition coefficient (Wildman–Crippen LogP) is 3.62. The summed E-state index contributed by atoms with van der Waals surface area (Å²) in [7, 11) is -2.49. The molecule has 1 atom stereocenters. The Morgan fingerprint density at radius 1 is 1.17 bits per heavy atom. The summed E-state index contributed by atoms with van der Waals surface area (Å²) in [5.41, 5.74) is 1.58. The van der Waals surface area contributed by atoms with Crippen LogP contribution >= 0.6 is 11.6 Å². The molecule has 156 valence electrons. The molecule has 1 amide bonds. The van der Waals surface area contributed by atoms with Gasteiger partial charge in [0.15, 0.2) is 0 Å². The van der Waals surface area contributed by atoms with Crippen LogP contribution in [0.5, 0.6) is 0 Å². The maximum absolute atomic E-state index is 13.0. The Hall–Kier alpha value is -2.58. The fourth-order valence-electron chi connectivity index (χ4n) is 2.97. The average Bonchev–Trinajstić information content (AvgIpc) is 2.67. The summed E-state index contributed by atoms with van der Waals surface area (Å²) in [6.07, 6.45) is 1.28. The molecule has 0 aliphatic rings. The maximum atomic E-state index is 13.0. The van der Waals surface area contributed by atoms with Gasteiger partial charge in [-0.2, -0.15) is 0 Å². The zero-order chi connectivity index (χ0) is 21.8.